The first-order chi connectivity index (χ1) is 5.07. The Bertz CT molecular complexity index is 193. The zero-order valence-electron chi connectivity index (χ0n) is 5.65. The van der Waals surface area contributed by atoms with E-state index in [2.05, 4.69) is 0 Å². The molecule has 11 heavy (non-hydrogen) atoms. The van der Waals surface area contributed by atoms with Gasteiger partial charge in [-0.25, -0.2) is 4.79 Å². The SMILES string of the molecule is O=C(O)CC(=CCO)C(=O)O. The van der Waals surface area contributed by atoms with E-state index < -0.39 is 25.0 Å². The summed E-state index contributed by atoms with van der Waals surface area (Å²) in [4.78, 5) is 20.2. The van der Waals surface area contributed by atoms with E-state index in [9.17, 15) is 9.59 Å². The molecule has 62 valence electrons. The van der Waals surface area contributed by atoms with Gasteiger partial charge in [0.2, 0.25) is 0 Å². The molecule has 5 heteroatoms. The molecule has 0 amide bonds. The number of rotatable bonds is 4. The van der Waals surface area contributed by atoms with Crippen LogP contribution in [0.1, 0.15) is 6.42 Å². The van der Waals surface area contributed by atoms with Gasteiger partial charge in [0.15, 0.2) is 0 Å². The molecule has 0 saturated carbocycles. The Morgan fingerprint density at radius 2 is 1.82 bits per heavy atom. The smallest absolute Gasteiger partial charge is 0.331 e. The summed E-state index contributed by atoms with van der Waals surface area (Å²) in [6.07, 6.45) is 0.381. The van der Waals surface area contributed by atoms with Crippen LogP contribution in [0.3, 0.4) is 0 Å². The van der Waals surface area contributed by atoms with Gasteiger partial charge in [0.1, 0.15) is 0 Å². The van der Waals surface area contributed by atoms with Crippen molar-refractivity contribution in [2.24, 2.45) is 0 Å². The average molecular weight is 160 g/mol. The van der Waals surface area contributed by atoms with Crippen molar-refractivity contribution < 1.29 is 24.9 Å². The number of aliphatic hydroxyl groups is 1. The van der Waals surface area contributed by atoms with Crippen LogP contribution in [0.15, 0.2) is 11.6 Å². The summed E-state index contributed by atoms with van der Waals surface area (Å²) >= 11 is 0. The van der Waals surface area contributed by atoms with Crippen molar-refractivity contribution in [2.75, 3.05) is 6.61 Å². The Kier molecular flexibility index (Phi) is 3.90. The largest absolute Gasteiger partial charge is 0.481 e. The molecule has 0 unspecified atom stereocenters. The van der Waals surface area contributed by atoms with Gasteiger partial charge in [-0.1, -0.05) is 0 Å². The van der Waals surface area contributed by atoms with Gasteiger partial charge in [-0.2, -0.15) is 0 Å². The molecular weight excluding hydrogens is 152 g/mol. The van der Waals surface area contributed by atoms with Crippen LogP contribution in [0.4, 0.5) is 0 Å². The van der Waals surface area contributed by atoms with Crippen LogP contribution >= 0.6 is 0 Å². The lowest BCUT2D eigenvalue weighted by Crippen LogP contribution is -2.07. The molecule has 3 N–H and O–H groups in total. The molecule has 0 saturated heterocycles. The minimum atomic E-state index is -1.32. The highest BCUT2D eigenvalue weighted by atomic mass is 16.4. The number of aliphatic hydroxyl groups excluding tert-OH is 1. The number of carboxylic acid groups (broad SMARTS) is 2. The molecule has 0 aliphatic carbocycles. The summed E-state index contributed by atoms with van der Waals surface area (Å²) in [5.74, 6) is -2.55. The maximum atomic E-state index is 10.2. The van der Waals surface area contributed by atoms with Crippen molar-refractivity contribution in [1.82, 2.24) is 0 Å². The second-order valence-corrected chi connectivity index (χ2v) is 1.79. The Balaban J connectivity index is 4.23. The van der Waals surface area contributed by atoms with E-state index in [0.717, 1.165) is 6.08 Å². The molecule has 0 aromatic rings. The molecule has 0 spiro atoms. The fourth-order valence-electron chi connectivity index (χ4n) is 0.508. The molecule has 0 aromatic heterocycles. The van der Waals surface area contributed by atoms with E-state index in [0.29, 0.717) is 0 Å². The summed E-state index contributed by atoms with van der Waals surface area (Å²) in [6.45, 7) is -0.463. The molecule has 0 heterocycles. The third-order valence-corrected chi connectivity index (χ3v) is 0.954. The van der Waals surface area contributed by atoms with Gasteiger partial charge in [0.25, 0.3) is 0 Å². The first-order valence-corrected chi connectivity index (χ1v) is 2.83. The summed E-state index contributed by atoms with van der Waals surface area (Å²) < 4.78 is 0. The number of carboxylic acids is 2. The fourth-order valence-corrected chi connectivity index (χ4v) is 0.508. The van der Waals surface area contributed by atoms with Crippen LogP contribution in [-0.2, 0) is 9.59 Å². The third-order valence-electron chi connectivity index (χ3n) is 0.954. The second-order valence-electron chi connectivity index (χ2n) is 1.79. The lowest BCUT2D eigenvalue weighted by molar-refractivity contribution is -0.139. The topological polar surface area (TPSA) is 94.8 Å². The summed E-state index contributed by atoms with van der Waals surface area (Å²) in [5, 5.41) is 24.7. The van der Waals surface area contributed by atoms with Crippen LogP contribution < -0.4 is 0 Å². The van der Waals surface area contributed by atoms with E-state index in [4.69, 9.17) is 15.3 Å². The van der Waals surface area contributed by atoms with E-state index >= 15 is 0 Å². The van der Waals surface area contributed by atoms with Crippen molar-refractivity contribution >= 4 is 11.9 Å². The van der Waals surface area contributed by atoms with Crippen LogP contribution in [0.25, 0.3) is 0 Å². The fraction of sp³-hybridized carbons (Fsp3) is 0.333. The Morgan fingerprint density at radius 3 is 2.09 bits per heavy atom. The highest BCUT2D eigenvalue weighted by Crippen LogP contribution is 2.00. The van der Waals surface area contributed by atoms with Gasteiger partial charge in [0, 0.05) is 5.57 Å². The standard InChI is InChI=1S/C6H8O5/c7-2-1-4(6(10)11)3-5(8)9/h1,7H,2-3H2,(H,8,9)(H,10,11). The predicted octanol–water partition coefficient (Wildman–Crippen LogP) is -0.536. The quantitative estimate of drug-likeness (QED) is 0.480. The van der Waals surface area contributed by atoms with Crippen LogP contribution in [0.5, 0.6) is 0 Å². The molecule has 0 aliphatic rings. The van der Waals surface area contributed by atoms with Crippen LogP contribution in [0.2, 0.25) is 0 Å². The minimum absolute atomic E-state index is 0.306. The van der Waals surface area contributed by atoms with E-state index in [1.165, 1.54) is 0 Å². The second kappa shape index (κ2) is 4.45. The third kappa shape index (κ3) is 4.10. The molecule has 0 rings (SSSR count). The maximum absolute atomic E-state index is 10.2. The first-order valence-electron chi connectivity index (χ1n) is 2.83. The van der Waals surface area contributed by atoms with E-state index in [1.807, 2.05) is 0 Å². The molecular formula is C6H8O5. The van der Waals surface area contributed by atoms with Gasteiger partial charge in [-0.05, 0) is 6.08 Å². The minimum Gasteiger partial charge on any atom is -0.481 e. The van der Waals surface area contributed by atoms with E-state index in [-0.39, 0.29) is 5.57 Å². The molecule has 0 bridgehead atoms. The molecule has 0 atom stereocenters. The normalized spacial score (nSPS) is 11.2. The Labute approximate surface area is 62.6 Å². The Morgan fingerprint density at radius 1 is 1.27 bits per heavy atom. The highest BCUT2D eigenvalue weighted by Gasteiger charge is 2.10. The van der Waals surface area contributed by atoms with Gasteiger partial charge < -0.3 is 15.3 Å². The molecule has 0 radical (unpaired) electrons. The number of aliphatic carboxylic acids is 2. The predicted molar refractivity (Wildman–Crippen MR) is 35.1 cm³/mol. The number of hydrogen-bond donors (Lipinski definition) is 3. The van der Waals surface area contributed by atoms with Crippen molar-refractivity contribution in [3.63, 3.8) is 0 Å². The molecule has 0 aromatic carbocycles. The van der Waals surface area contributed by atoms with Gasteiger partial charge in [-0.3, -0.25) is 4.79 Å². The average Bonchev–Trinajstić information content (AvgIpc) is 1.86. The zero-order chi connectivity index (χ0) is 8.85. The van der Waals surface area contributed by atoms with Crippen molar-refractivity contribution in [1.29, 1.82) is 0 Å². The molecule has 0 fully saturated rings. The maximum Gasteiger partial charge on any atom is 0.331 e. The summed E-state index contributed by atoms with van der Waals surface area (Å²) in [6, 6.07) is 0. The summed E-state index contributed by atoms with van der Waals surface area (Å²) in [7, 11) is 0. The van der Waals surface area contributed by atoms with Gasteiger partial charge >= 0.3 is 11.9 Å². The van der Waals surface area contributed by atoms with Crippen LogP contribution in [-0.4, -0.2) is 33.9 Å². The lowest BCUT2D eigenvalue weighted by Gasteiger charge is -1.95. The van der Waals surface area contributed by atoms with Crippen molar-refractivity contribution in [3.05, 3.63) is 11.6 Å². The zero-order valence-corrected chi connectivity index (χ0v) is 5.65. The van der Waals surface area contributed by atoms with E-state index in [1.54, 1.807) is 0 Å². The first kappa shape index (κ1) is 9.64. The number of hydrogen-bond acceptors (Lipinski definition) is 3. The monoisotopic (exact) mass is 160 g/mol. The molecule has 0 aliphatic heterocycles. The van der Waals surface area contributed by atoms with Crippen molar-refractivity contribution in [2.45, 2.75) is 6.42 Å². The number of carbonyl (C=O) groups is 2. The van der Waals surface area contributed by atoms with Crippen LogP contribution in [0, 0.1) is 0 Å². The summed E-state index contributed by atoms with van der Waals surface area (Å²) in [5.41, 5.74) is -0.306. The Hall–Kier alpha value is -1.36. The molecule has 5 nitrogen and oxygen atoms in total. The lowest BCUT2D eigenvalue weighted by atomic mass is 10.2. The van der Waals surface area contributed by atoms with Gasteiger partial charge in [-0.15, -0.1) is 0 Å². The highest BCUT2D eigenvalue weighted by molar-refractivity contribution is 5.92. The van der Waals surface area contributed by atoms with Gasteiger partial charge in [0.05, 0.1) is 13.0 Å². The van der Waals surface area contributed by atoms with Crippen molar-refractivity contribution in [3.8, 4) is 0 Å².